The predicted octanol–water partition coefficient (Wildman–Crippen LogP) is 3.78. The molecule has 0 bridgehead atoms. The summed E-state index contributed by atoms with van der Waals surface area (Å²) in [7, 11) is 1.87. The van der Waals surface area contributed by atoms with E-state index in [2.05, 4.69) is 33.5 Å². The van der Waals surface area contributed by atoms with Gasteiger partial charge in [0.25, 0.3) is 0 Å². The number of likely N-dealkylation sites (tertiary alicyclic amines) is 1. The minimum absolute atomic E-state index is 0. The maximum atomic E-state index is 4.35. The van der Waals surface area contributed by atoms with Gasteiger partial charge in [-0.3, -0.25) is 4.99 Å². The van der Waals surface area contributed by atoms with Gasteiger partial charge in [-0.1, -0.05) is 18.6 Å². The lowest BCUT2D eigenvalue weighted by atomic mass is 9.93. The maximum absolute atomic E-state index is 4.35. The van der Waals surface area contributed by atoms with Gasteiger partial charge in [-0.15, -0.1) is 24.0 Å². The van der Waals surface area contributed by atoms with Gasteiger partial charge in [-0.2, -0.15) is 0 Å². The minimum Gasteiger partial charge on any atom is -0.356 e. The van der Waals surface area contributed by atoms with Gasteiger partial charge in [0, 0.05) is 20.1 Å². The molecular weight excluding hydrogens is 411 g/mol. The topological polar surface area (TPSA) is 39.7 Å². The van der Waals surface area contributed by atoms with Crippen molar-refractivity contribution in [1.29, 1.82) is 0 Å². The summed E-state index contributed by atoms with van der Waals surface area (Å²) in [5.74, 6) is 1.85. The Bertz CT molecular complexity index is 387. The van der Waals surface area contributed by atoms with Crippen molar-refractivity contribution < 1.29 is 0 Å². The largest absolute Gasteiger partial charge is 0.356 e. The summed E-state index contributed by atoms with van der Waals surface area (Å²) in [4.78, 5) is 6.91. The first-order chi connectivity index (χ1) is 11.3. The predicted molar refractivity (Wildman–Crippen MR) is 115 cm³/mol. The number of aliphatic imine (C=N–C) groups is 1. The third kappa shape index (κ3) is 8.19. The summed E-state index contributed by atoms with van der Waals surface area (Å²) in [6.45, 7) is 8.07. The van der Waals surface area contributed by atoms with Crippen LogP contribution in [0, 0.1) is 5.92 Å². The molecule has 5 heteroatoms. The third-order valence-corrected chi connectivity index (χ3v) is 5.35. The van der Waals surface area contributed by atoms with Gasteiger partial charge in [0.1, 0.15) is 0 Å². The molecule has 0 amide bonds. The van der Waals surface area contributed by atoms with Crippen LogP contribution < -0.4 is 10.6 Å². The zero-order chi connectivity index (χ0) is 16.3. The number of rotatable bonds is 7. The van der Waals surface area contributed by atoms with E-state index in [1.165, 1.54) is 64.6 Å². The molecule has 1 heterocycles. The number of hydrogen-bond acceptors (Lipinski definition) is 2. The quantitative estimate of drug-likeness (QED) is 0.270. The van der Waals surface area contributed by atoms with E-state index in [-0.39, 0.29) is 24.0 Å². The van der Waals surface area contributed by atoms with E-state index in [0.29, 0.717) is 0 Å². The zero-order valence-corrected chi connectivity index (χ0v) is 18.0. The lowest BCUT2D eigenvalue weighted by molar-refractivity contribution is 0.187. The van der Waals surface area contributed by atoms with Gasteiger partial charge in [0.15, 0.2) is 5.96 Å². The molecule has 0 radical (unpaired) electrons. The highest BCUT2D eigenvalue weighted by Gasteiger charge is 2.17. The Kier molecular flexibility index (Phi) is 11.8. The van der Waals surface area contributed by atoms with Crippen LogP contribution >= 0.6 is 24.0 Å². The van der Waals surface area contributed by atoms with Crippen LogP contribution in [-0.4, -0.2) is 50.6 Å². The van der Waals surface area contributed by atoms with E-state index in [4.69, 9.17) is 0 Å². The highest BCUT2D eigenvalue weighted by molar-refractivity contribution is 14.0. The van der Waals surface area contributed by atoms with Gasteiger partial charge in [-0.05, 0) is 76.9 Å². The standard InChI is InChI=1S/C19H36N4.HI/c1-3-23-15-11-18(12-16-23)10-14-22-19(20-2)21-13-9-17-7-5-4-6-8-17;/h7,18H,3-6,8-16H2,1-2H3,(H2,20,21,22);1H. The summed E-state index contributed by atoms with van der Waals surface area (Å²) in [6, 6.07) is 0. The first-order valence-corrected chi connectivity index (χ1v) is 9.66. The second-order valence-electron chi connectivity index (χ2n) is 6.95. The van der Waals surface area contributed by atoms with Crippen molar-refractivity contribution in [3.63, 3.8) is 0 Å². The summed E-state index contributed by atoms with van der Waals surface area (Å²) < 4.78 is 0. The van der Waals surface area contributed by atoms with Crippen LogP contribution in [0.15, 0.2) is 16.6 Å². The summed E-state index contributed by atoms with van der Waals surface area (Å²) >= 11 is 0. The van der Waals surface area contributed by atoms with E-state index < -0.39 is 0 Å². The van der Waals surface area contributed by atoms with Crippen molar-refractivity contribution in [1.82, 2.24) is 15.5 Å². The minimum atomic E-state index is 0. The van der Waals surface area contributed by atoms with Crippen LogP contribution in [0.5, 0.6) is 0 Å². The van der Waals surface area contributed by atoms with Crippen LogP contribution in [0.2, 0.25) is 0 Å². The second-order valence-corrected chi connectivity index (χ2v) is 6.95. The molecule has 1 fully saturated rings. The Morgan fingerprint density at radius 3 is 2.58 bits per heavy atom. The number of nitrogens with zero attached hydrogens (tertiary/aromatic N) is 2. The number of guanidine groups is 1. The van der Waals surface area contributed by atoms with Gasteiger partial charge >= 0.3 is 0 Å². The van der Waals surface area contributed by atoms with E-state index in [1.807, 2.05) is 7.05 Å². The first kappa shape index (κ1) is 21.7. The Labute approximate surface area is 166 Å². The normalized spacial score (nSPS) is 20.2. The molecule has 0 aromatic rings. The number of halogens is 1. The molecule has 0 aromatic heterocycles. The molecule has 0 unspecified atom stereocenters. The molecule has 0 aromatic carbocycles. The average Bonchev–Trinajstić information content (AvgIpc) is 2.62. The average molecular weight is 448 g/mol. The van der Waals surface area contributed by atoms with Crippen molar-refractivity contribution in [3.05, 3.63) is 11.6 Å². The number of nitrogens with one attached hydrogen (secondary N) is 2. The van der Waals surface area contributed by atoms with E-state index in [0.717, 1.165) is 31.4 Å². The molecule has 140 valence electrons. The molecule has 2 aliphatic rings. The fourth-order valence-electron chi connectivity index (χ4n) is 3.68. The fourth-order valence-corrected chi connectivity index (χ4v) is 3.68. The summed E-state index contributed by atoms with van der Waals surface area (Å²) in [5, 5.41) is 6.95. The van der Waals surface area contributed by atoms with Crippen LogP contribution in [-0.2, 0) is 0 Å². The van der Waals surface area contributed by atoms with Crippen molar-refractivity contribution in [2.75, 3.05) is 39.8 Å². The van der Waals surface area contributed by atoms with Crippen molar-refractivity contribution in [2.24, 2.45) is 10.9 Å². The monoisotopic (exact) mass is 448 g/mol. The van der Waals surface area contributed by atoms with Crippen molar-refractivity contribution in [2.45, 2.75) is 58.3 Å². The molecule has 24 heavy (non-hydrogen) atoms. The molecule has 1 aliphatic heterocycles. The second kappa shape index (κ2) is 13.0. The third-order valence-electron chi connectivity index (χ3n) is 5.35. The van der Waals surface area contributed by atoms with Gasteiger partial charge in [0.2, 0.25) is 0 Å². The lowest BCUT2D eigenvalue weighted by Crippen LogP contribution is -2.39. The van der Waals surface area contributed by atoms with Crippen LogP contribution in [0.3, 0.4) is 0 Å². The molecule has 0 spiro atoms. The van der Waals surface area contributed by atoms with Gasteiger partial charge < -0.3 is 15.5 Å². The molecule has 0 saturated carbocycles. The van der Waals surface area contributed by atoms with E-state index >= 15 is 0 Å². The number of hydrogen-bond donors (Lipinski definition) is 2. The molecule has 1 aliphatic carbocycles. The Balaban J connectivity index is 0.00000288. The Morgan fingerprint density at radius 2 is 1.96 bits per heavy atom. The fraction of sp³-hybridized carbons (Fsp3) is 0.842. The molecule has 1 saturated heterocycles. The van der Waals surface area contributed by atoms with Gasteiger partial charge in [-0.25, -0.2) is 0 Å². The summed E-state index contributed by atoms with van der Waals surface area (Å²) in [5.41, 5.74) is 1.63. The smallest absolute Gasteiger partial charge is 0.190 e. The first-order valence-electron chi connectivity index (χ1n) is 9.66. The highest BCUT2D eigenvalue weighted by atomic mass is 127. The van der Waals surface area contributed by atoms with Crippen molar-refractivity contribution in [3.8, 4) is 0 Å². The SMILES string of the molecule is CCN1CCC(CCNC(=NC)NCCC2=CCCCC2)CC1.I. The highest BCUT2D eigenvalue weighted by Crippen LogP contribution is 2.20. The zero-order valence-electron chi connectivity index (χ0n) is 15.6. The van der Waals surface area contributed by atoms with Crippen LogP contribution in [0.4, 0.5) is 0 Å². The molecule has 4 nitrogen and oxygen atoms in total. The maximum Gasteiger partial charge on any atom is 0.190 e. The number of piperidine rings is 1. The molecule has 2 N–H and O–H groups in total. The number of allylic oxidation sites excluding steroid dienone is 1. The Morgan fingerprint density at radius 1 is 1.21 bits per heavy atom. The Hall–Kier alpha value is -0.300. The van der Waals surface area contributed by atoms with Crippen molar-refractivity contribution >= 4 is 29.9 Å². The molecular formula is C19H37IN4. The van der Waals surface area contributed by atoms with Gasteiger partial charge in [0.05, 0.1) is 0 Å². The summed E-state index contributed by atoms with van der Waals surface area (Å²) in [6.07, 6.45) is 12.9. The molecule has 0 atom stereocenters. The van der Waals surface area contributed by atoms with E-state index in [1.54, 1.807) is 5.57 Å². The lowest BCUT2D eigenvalue weighted by Gasteiger charge is -2.31. The van der Waals surface area contributed by atoms with E-state index in [9.17, 15) is 0 Å². The van der Waals surface area contributed by atoms with Crippen LogP contribution in [0.25, 0.3) is 0 Å². The molecule has 2 rings (SSSR count). The van der Waals surface area contributed by atoms with Crippen LogP contribution in [0.1, 0.15) is 58.3 Å².